The molecule has 0 amide bonds. The summed E-state index contributed by atoms with van der Waals surface area (Å²) in [4.78, 5) is 15.2. The summed E-state index contributed by atoms with van der Waals surface area (Å²) in [6.07, 6.45) is 5.72. The molecule has 29 heavy (non-hydrogen) atoms. The summed E-state index contributed by atoms with van der Waals surface area (Å²) in [6.45, 7) is 1.08. The molecule has 4 rings (SSSR count). The average molecular weight is 416 g/mol. The van der Waals surface area contributed by atoms with E-state index in [1.54, 1.807) is 5.38 Å². The van der Waals surface area contributed by atoms with Gasteiger partial charge in [0.25, 0.3) is 0 Å². The van der Waals surface area contributed by atoms with Gasteiger partial charge in [-0.05, 0) is 24.3 Å². The van der Waals surface area contributed by atoms with Gasteiger partial charge in [0.05, 0.1) is 25.4 Å². The second-order valence-electron chi connectivity index (χ2n) is 7.59. The molecule has 1 saturated carbocycles. The Bertz CT molecular complexity index is 852. The van der Waals surface area contributed by atoms with E-state index in [4.69, 9.17) is 14.6 Å². The van der Waals surface area contributed by atoms with Crippen LogP contribution in [0.15, 0.2) is 47.9 Å². The Morgan fingerprint density at radius 3 is 2.90 bits per heavy atom. The predicted octanol–water partition coefficient (Wildman–Crippen LogP) is 3.83. The van der Waals surface area contributed by atoms with E-state index in [1.807, 2.05) is 36.4 Å². The Balaban J connectivity index is 1.29. The average Bonchev–Trinajstić information content (AvgIpc) is 3.33. The SMILES string of the molecule is O=C(O)c1csc([C@H]2CC[C@@H]3[C@@H](/C=C/COCc4ccccc4)[C@H](O)C[C@@H]3O2)n1. The van der Waals surface area contributed by atoms with Crippen LogP contribution < -0.4 is 0 Å². The highest BCUT2D eigenvalue weighted by Crippen LogP contribution is 2.46. The van der Waals surface area contributed by atoms with Gasteiger partial charge in [-0.25, -0.2) is 9.78 Å². The van der Waals surface area contributed by atoms with Crippen molar-refractivity contribution >= 4 is 17.3 Å². The highest BCUT2D eigenvalue weighted by atomic mass is 32.1. The Morgan fingerprint density at radius 2 is 2.14 bits per heavy atom. The van der Waals surface area contributed by atoms with E-state index in [9.17, 15) is 9.90 Å². The molecule has 0 radical (unpaired) electrons. The lowest BCUT2D eigenvalue weighted by molar-refractivity contribution is -0.0767. The van der Waals surface area contributed by atoms with Gasteiger partial charge in [0.15, 0.2) is 5.69 Å². The van der Waals surface area contributed by atoms with Crippen molar-refractivity contribution in [1.82, 2.24) is 4.98 Å². The smallest absolute Gasteiger partial charge is 0.355 e. The molecular weight excluding hydrogens is 390 g/mol. The van der Waals surface area contributed by atoms with Crippen LogP contribution in [-0.2, 0) is 16.1 Å². The van der Waals surface area contributed by atoms with Crippen LogP contribution >= 0.6 is 11.3 Å². The maximum absolute atomic E-state index is 11.0. The third-order valence-electron chi connectivity index (χ3n) is 5.69. The zero-order valence-electron chi connectivity index (χ0n) is 16.0. The first kappa shape index (κ1) is 20.2. The van der Waals surface area contributed by atoms with Crippen LogP contribution in [0.25, 0.3) is 0 Å². The second kappa shape index (κ2) is 9.17. The van der Waals surface area contributed by atoms with E-state index in [0.717, 1.165) is 18.4 Å². The minimum Gasteiger partial charge on any atom is -0.476 e. The molecule has 1 aliphatic carbocycles. The van der Waals surface area contributed by atoms with Gasteiger partial charge in [-0.1, -0.05) is 42.5 Å². The van der Waals surface area contributed by atoms with Gasteiger partial charge in [0.1, 0.15) is 11.1 Å². The van der Waals surface area contributed by atoms with Crippen LogP contribution in [0, 0.1) is 11.8 Å². The van der Waals surface area contributed by atoms with Crippen LogP contribution in [0.1, 0.15) is 46.4 Å². The maximum atomic E-state index is 11.0. The van der Waals surface area contributed by atoms with Crippen molar-refractivity contribution in [1.29, 1.82) is 0 Å². The predicted molar refractivity (Wildman–Crippen MR) is 109 cm³/mol. The van der Waals surface area contributed by atoms with Gasteiger partial charge in [0.2, 0.25) is 0 Å². The van der Waals surface area contributed by atoms with E-state index in [1.165, 1.54) is 11.3 Å². The molecular formula is C22H25NO5S. The zero-order chi connectivity index (χ0) is 20.2. The van der Waals surface area contributed by atoms with Crippen molar-refractivity contribution in [3.63, 3.8) is 0 Å². The Labute approximate surface area is 173 Å². The van der Waals surface area contributed by atoms with Crippen molar-refractivity contribution in [2.24, 2.45) is 11.8 Å². The monoisotopic (exact) mass is 415 g/mol. The van der Waals surface area contributed by atoms with Crippen LogP contribution in [0.4, 0.5) is 0 Å². The molecule has 7 heteroatoms. The lowest BCUT2D eigenvalue weighted by Gasteiger charge is -2.33. The summed E-state index contributed by atoms with van der Waals surface area (Å²) in [5, 5.41) is 21.8. The largest absolute Gasteiger partial charge is 0.476 e. The van der Waals surface area contributed by atoms with Crippen LogP contribution in [0.5, 0.6) is 0 Å². The third-order valence-corrected chi connectivity index (χ3v) is 6.63. The van der Waals surface area contributed by atoms with Crippen molar-refractivity contribution in [3.05, 3.63) is 64.1 Å². The second-order valence-corrected chi connectivity index (χ2v) is 8.48. The molecule has 0 spiro atoms. The maximum Gasteiger partial charge on any atom is 0.355 e. The van der Waals surface area contributed by atoms with E-state index < -0.39 is 12.1 Å². The number of aromatic nitrogens is 1. The van der Waals surface area contributed by atoms with Crippen LogP contribution in [-0.4, -0.2) is 40.0 Å². The molecule has 1 aromatic heterocycles. The fourth-order valence-electron chi connectivity index (χ4n) is 4.28. The summed E-state index contributed by atoms with van der Waals surface area (Å²) in [5.74, 6) is -0.685. The fourth-order valence-corrected chi connectivity index (χ4v) is 5.14. The molecule has 2 fully saturated rings. The summed E-state index contributed by atoms with van der Waals surface area (Å²) in [6, 6.07) is 10.0. The number of aliphatic hydroxyl groups is 1. The number of nitrogens with zero attached hydrogens (tertiary/aromatic N) is 1. The number of benzene rings is 1. The van der Waals surface area contributed by atoms with Crippen LogP contribution in [0.3, 0.4) is 0 Å². The molecule has 2 aromatic rings. The zero-order valence-corrected chi connectivity index (χ0v) is 16.8. The summed E-state index contributed by atoms with van der Waals surface area (Å²) >= 11 is 1.33. The summed E-state index contributed by atoms with van der Waals surface area (Å²) < 4.78 is 11.9. The number of ether oxygens (including phenoxy) is 2. The lowest BCUT2D eigenvalue weighted by Crippen LogP contribution is -2.30. The summed E-state index contributed by atoms with van der Waals surface area (Å²) in [5.41, 5.74) is 1.21. The quantitative estimate of drug-likeness (QED) is 0.528. The number of rotatable bonds is 7. The number of aliphatic hydroxyl groups excluding tert-OH is 1. The topological polar surface area (TPSA) is 88.9 Å². The van der Waals surface area contributed by atoms with Crippen molar-refractivity contribution < 1.29 is 24.5 Å². The van der Waals surface area contributed by atoms with Gasteiger partial charge in [0, 0.05) is 17.7 Å². The van der Waals surface area contributed by atoms with Crippen molar-refractivity contribution in [3.8, 4) is 0 Å². The van der Waals surface area contributed by atoms with Crippen LogP contribution in [0.2, 0.25) is 0 Å². The molecule has 2 N–H and O–H groups in total. The number of hydrogen-bond acceptors (Lipinski definition) is 6. The van der Waals surface area contributed by atoms with Gasteiger partial charge in [-0.2, -0.15) is 0 Å². The first-order valence-corrected chi connectivity index (χ1v) is 10.8. The number of aromatic carboxylic acids is 1. The number of hydrogen-bond donors (Lipinski definition) is 2. The van der Waals surface area contributed by atoms with E-state index in [-0.39, 0.29) is 29.7 Å². The highest BCUT2D eigenvalue weighted by molar-refractivity contribution is 7.09. The van der Waals surface area contributed by atoms with Crippen molar-refractivity contribution in [2.75, 3.05) is 6.61 Å². The number of thiazole rings is 1. The van der Waals surface area contributed by atoms with E-state index in [0.29, 0.717) is 24.6 Å². The Kier molecular flexibility index (Phi) is 6.40. The molecule has 0 bridgehead atoms. The normalized spacial score (nSPS) is 29.2. The third kappa shape index (κ3) is 4.75. The minimum atomic E-state index is -1.02. The fraction of sp³-hybridized carbons (Fsp3) is 0.455. The number of carbonyl (C=O) groups is 1. The van der Waals surface area contributed by atoms with Gasteiger partial charge in [-0.3, -0.25) is 0 Å². The molecule has 0 unspecified atom stereocenters. The first-order valence-electron chi connectivity index (χ1n) is 9.92. The van der Waals surface area contributed by atoms with Gasteiger partial charge in [-0.15, -0.1) is 11.3 Å². The molecule has 1 saturated heterocycles. The molecule has 1 aliphatic heterocycles. The van der Waals surface area contributed by atoms with E-state index >= 15 is 0 Å². The minimum absolute atomic E-state index is 0.0270. The van der Waals surface area contributed by atoms with E-state index in [2.05, 4.69) is 11.1 Å². The van der Waals surface area contributed by atoms with Gasteiger partial charge < -0.3 is 19.7 Å². The molecule has 154 valence electrons. The van der Waals surface area contributed by atoms with Crippen molar-refractivity contribution in [2.45, 2.75) is 44.2 Å². The molecule has 1 aromatic carbocycles. The standard InChI is InChI=1S/C22H25NO5S/c24-18-11-20-16(8-9-19(28-20)21-23-17(13-29-21)22(25)26)15(18)7-4-10-27-12-14-5-2-1-3-6-14/h1-7,13,15-16,18-20,24H,8-12H2,(H,25,26)/b7-4+/t15-,16-,18-,19-,20+/m1/s1. The Morgan fingerprint density at radius 1 is 1.31 bits per heavy atom. The lowest BCUT2D eigenvalue weighted by atomic mass is 9.86. The number of fused-ring (bicyclic) bond motifs is 1. The number of carboxylic acids is 1. The molecule has 6 nitrogen and oxygen atoms in total. The molecule has 5 atom stereocenters. The first-order chi connectivity index (χ1) is 14.1. The van der Waals surface area contributed by atoms with Gasteiger partial charge >= 0.3 is 5.97 Å². The highest BCUT2D eigenvalue weighted by Gasteiger charge is 2.45. The Hall–Kier alpha value is -2.06. The molecule has 2 heterocycles. The number of carboxylic acid groups (broad SMARTS) is 1. The summed E-state index contributed by atoms with van der Waals surface area (Å²) in [7, 11) is 0. The molecule has 2 aliphatic rings.